The first kappa shape index (κ1) is 16.4. The number of carbonyl (C=O) groups is 1. The third-order valence-corrected chi connectivity index (χ3v) is 4.94. The van der Waals surface area contributed by atoms with Crippen molar-refractivity contribution in [1.82, 2.24) is 9.80 Å². The van der Waals surface area contributed by atoms with E-state index in [0.29, 0.717) is 17.5 Å². The van der Waals surface area contributed by atoms with Gasteiger partial charge in [0.1, 0.15) is 0 Å². The maximum absolute atomic E-state index is 11.5. The van der Waals surface area contributed by atoms with E-state index in [1.165, 1.54) is 12.7 Å². The third-order valence-electron chi connectivity index (χ3n) is 4.94. The zero-order valence-electron chi connectivity index (χ0n) is 14.0. The van der Waals surface area contributed by atoms with Gasteiger partial charge in [0.2, 0.25) is 0 Å². The second-order valence-electron chi connectivity index (χ2n) is 6.58. The van der Waals surface area contributed by atoms with Crippen LogP contribution in [0.2, 0.25) is 0 Å². The van der Waals surface area contributed by atoms with E-state index >= 15 is 0 Å². The van der Waals surface area contributed by atoms with Gasteiger partial charge >= 0.3 is 5.97 Å². The van der Waals surface area contributed by atoms with Crippen molar-refractivity contribution in [1.29, 1.82) is 0 Å². The van der Waals surface area contributed by atoms with Crippen molar-refractivity contribution in [3.63, 3.8) is 0 Å². The molecule has 2 aliphatic heterocycles. The normalized spacial score (nSPS) is 26.3. The molecule has 0 unspecified atom stereocenters. The molecule has 0 amide bonds. The highest BCUT2D eigenvalue weighted by molar-refractivity contribution is 5.89. The van der Waals surface area contributed by atoms with E-state index in [-0.39, 0.29) is 5.97 Å². The quantitative estimate of drug-likeness (QED) is 0.789. The van der Waals surface area contributed by atoms with Crippen LogP contribution in [0.3, 0.4) is 0 Å². The molecule has 2 heterocycles. The fourth-order valence-corrected chi connectivity index (χ4v) is 3.68. The van der Waals surface area contributed by atoms with Gasteiger partial charge < -0.3 is 9.47 Å². The molecule has 0 saturated carbocycles. The Balaban J connectivity index is 1.57. The summed E-state index contributed by atoms with van der Waals surface area (Å²) >= 11 is 0. The average Bonchev–Trinajstić information content (AvgIpc) is 2.96. The molecule has 2 aliphatic rings. The molecule has 0 radical (unpaired) electrons. The molecule has 0 spiro atoms. The van der Waals surface area contributed by atoms with Gasteiger partial charge in [0.25, 0.3) is 0 Å². The van der Waals surface area contributed by atoms with Crippen LogP contribution < -0.4 is 0 Å². The summed E-state index contributed by atoms with van der Waals surface area (Å²) < 4.78 is 10.2. The van der Waals surface area contributed by atoms with Crippen molar-refractivity contribution in [3.05, 3.63) is 35.4 Å². The van der Waals surface area contributed by atoms with E-state index in [4.69, 9.17) is 9.47 Å². The molecule has 3 rings (SSSR count). The van der Waals surface area contributed by atoms with Crippen LogP contribution in [0.4, 0.5) is 0 Å². The Kier molecular flexibility index (Phi) is 5.30. The Bertz CT molecular complexity index is 526. The molecule has 5 heteroatoms. The Morgan fingerprint density at radius 1 is 1.22 bits per heavy atom. The Hall–Kier alpha value is -1.43. The number of ether oxygens (including phenoxy) is 2. The lowest BCUT2D eigenvalue weighted by Crippen LogP contribution is -2.46. The van der Waals surface area contributed by atoms with Crippen LogP contribution in [-0.2, 0) is 16.0 Å². The maximum Gasteiger partial charge on any atom is 0.337 e. The van der Waals surface area contributed by atoms with Crippen LogP contribution in [0.5, 0.6) is 0 Å². The summed E-state index contributed by atoms with van der Waals surface area (Å²) in [4.78, 5) is 16.6. The van der Waals surface area contributed by atoms with Crippen molar-refractivity contribution in [3.8, 4) is 0 Å². The molecule has 1 aromatic carbocycles. The number of morpholine rings is 1. The summed E-state index contributed by atoms with van der Waals surface area (Å²) in [5.41, 5.74) is 1.85. The van der Waals surface area contributed by atoms with Crippen molar-refractivity contribution in [2.45, 2.75) is 19.5 Å². The summed E-state index contributed by atoms with van der Waals surface area (Å²) in [7, 11) is 1.41. The predicted octanol–water partition coefficient (Wildman–Crippen LogP) is 1.63. The van der Waals surface area contributed by atoms with Gasteiger partial charge in [-0.05, 0) is 23.6 Å². The van der Waals surface area contributed by atoms with Crippen LogP contribution in [0.1, 0.15) is 22.8 Å². The largest absolute Gasteiger partial charge is 0.465 e. The van der Waals surface area contributed by atoms with Crippen LogP contribution in [0.25, 0.3) is 0 Å². The van der Waals surface area contributed by atoms with E-state index in [1.807, 2.05) is 24.3 Å². The van der Waals surface area contributed by atoms with Gasteiger partial charge in [0, 0.05) is 38.8 Å². The molecule has 23 heavy (non-hydrogen) atoms. The first-order valence-corrected chi connectivity index (χ1v) is 8.39. The average molecular weight is 318 g/mol. The predicted molar refractivity (Wildman–Crippen MR) is 88.4 cm³/mol. The smallest absolute Gasteiger partial charge is 0.337 e. The van der Waals surface area contributed by atoms with E-state index in [1.54, 1.807) is 0 Å². The van der Waals surface area contributed by atoms with Crippen LogP contribution in [0, 0.1) is 5.92 Å². The van der Waals surface area contributed by atoms with E-state index < -0.39 is 0 Å². The van der Waals surface area contributed by atoms with Gasteiger partial charge in [0.15, 0.2) is 0 Å². The first-order valence-electron chi connectivity index (χ1n) is 8.39. The van der Waals surface area contributed by atoms with Crippen LogP contribution >= 0.6 is 0 Å². The molecule has 2 saturated heterocycles. The molecule has 0 bridgehead atoms. The summed E-state index contributed by atoms with van der Waals surface area (Å²) in [6.07, 6.45) is 0. The minimum atomic E-state index is -0.279. The Morgan fingerprint density at radius 2 is 1.91 bits per heavy atom. The Morgan fingerprint density at radius 3 is 2.57 bits per heavy atom. The number of nitrogens with zero attached hydrogens (tertiary/aromatic N) is 2. The molecule has 0 N–H and O–H groups in total. The van der Waals surface area contributed by atoms with Gasteiger partial charge in [-0.2, -0.15) is 0 Å². The highest BCUT2D eigenvalue weighted by atomic mass is 16.5. The van der Waals surface area contributed by atoms with Crippen molar-refractivity contribution >= 4 is 5.97 Å². The molecule has 1 aromatic rings. The molecule has 0 aromatic heterocycles. The van der Waals surface area contributed by atoms with Crippen LogP contribution in [-0.4, -0.2) is 68.3 Å². The Labute approximate surface area is 138 Å². The molecule has 0 aliphatic carbocycles. The number of hydrogen-bond donors (Lipinski definition) is 0. The van der Waals surface area contributed by atoms with Crippen molar-refractivity contribution in [2.75, 3.05) is 46.5 Å². The van der Waals surface area contributed by atoms with E-state index in [0.717, 1.165) is 45.9 Å². The molecule has 2 fully saturated rings. The number of rotatable bonds is 4. The number of likely N-dealkylation sites (tertiary alicyclic amines) is 1. The van der Waals surface area contributed by atoms with Gasteiger partial charge in [-0.25, -0.2) is 4.79 Å². The summed E-state index contributed by atoms with van der Waals surface area (Å²) in [5.74, 6) is 0.404. The molecule has 5 nitrogen and oxygen atoms in total. The molecule has 2 atom stereocenters. The van der Waals surface area contributed by atoms with Gasteiger partial charge in [-0.1, -0.05) is 19.1 Å². The molecule has 126 valence electrons. The van der Waals surface area contributed by atoms with Crippen molar-refractivity contribution < 1.29 is 14.3 Å². The highest BCUT2D eigenvalue weighted by Crippen LogP contribution is 2.24. The monoisotopic (exact) mass is 318 g/mol. The molecular weight excluding hydrogens is 292 g/mol. The van der Waals surface area contributed by atoms with Crippen molar-refractivity contribution in [2.24, 2.45) is 5.92 Å². The molecular formula is C18H26N2O3. The maximum atomic E-state index is 11.5. The lowest BCUT2D eigenvalue weighted by molar-refractivity contribution is 0.0118. The fraction of sp³-hybridized carbons (Fsp3) is 0.611. The number of methoxy groups -OCH3 is 1. The second-order valence-corrected chi connectivity index (χ2v) is 6.58. The first-order chi connectivity index (χ1) is 11.2. The van der Waals surface area contributed by atoms with E-state index in [9.17, 15) is 4.79 Å². The summed E-state index contributed by atoms with van der Waals surface area (Å²) in [6, 6.07) is 8.38. The minimum absolute atomic E-state index is 0.279. The number of carbonyl (C=O) groups excluding carboxylic acids is 1. The summed E-state index contributed by atoms with van der Waals surface area (Å²) in [6.45, 7) is 9.34. The number of benzene rings is 1. The lowest BCUT2D eigenvalue weighted by Gasteiger charge is -2.34. The summed E-state index contributed by atoms with van der Waals surface area (Å²) in [5, 5.41) is 0. The fourth-order valence-electron chi connectivity index (χ4n) is 3.68. The van der Waals surface area contributed by atoms with Crippen LogP contribution in [0.15, 0.2) is 24.3 Å². The third kappa shape index (κ3) is 3.91. The number of esters is 1. The highest BCUT2D eigenvalue weighted by Gasteiger charge is 2.34. The SMILES string of the molecule is COC(=O)c1ccc(CN2C[C@H](C)[C@@H](N3CCOCC3)C2)cc1. The van der Waals surface area contributed by atoms with E-state index in [2.05, 4.69) is 16.7 Å². The lowest BCUT2D eigenvalue weighted by atomic mass is 10.0. The topological polar surface area (TPSA) is 42.0 Å². The van der Waals surface area contributed by atoms with Gasteiger partial charge in [0.05, 0.1) is 25.9 Å². The number of hydrogen-bond acceptors (Lipinski definition) is 5. The van der Waals surface area contributed by atoms with Gasteiger partial charge in [-0.3, -0.25) is 9.80 Å². The minimum Gasteiger partial charge on any atom is -0.465 e. The second kappa shape index (κ2) is 7.43. The zero-order valence-corrected chi connectivity index (χ0v) is 14.0. The van der Waals surface area contributed by atoms with Gasteiger partial charge in [-0.15, -0.1) is 0 Å². The standard InChI is InChI=1S/C18H26N2O3/c1-14-11-19(13-17(14)20-7-9-23-10-8-20)12-15-3-5-16(6-4-15)18(21)22-2/h3-6,14,17H,7-13H2,1-2H3/t14-,17-/m0/s1. The zero-order chi connectivity index (χ0) is 16.2.